The van der Waals surface area contributed by atoms with E-state index in [1.807, 2.05) is 20.8 Å². The molecule has 4 aliphatic carbocycles. The number of fused-ring (bicyclic) bond motifs is 2. The van der Waals surface area contributed by atoms with E-state index in [4.69, 9.17) is 11.6 Å². The Morgan fingerprint density at radius 3 is 1.71 bits per heavy atom. The molecule has 5 N–H and O–H groups in total. The zero-order chi connectivity index (χ0) is 72.6. The number of alkyl halides is 7. The third-order valence-electron chi connectivity index (χ3n) is 22.9. The van der Waals surface area contributed by atoms with E-state index in [1.54, 1.807) is 13.8 Å². The number of amides is 11. The molecule has 3 aliphatic heterocycles. The maximum absolute atomic E-state index is 15.3. The van der Waals surface area contributed by atoms with Crippen LogP contribution in [0, 0.1) is 41.4 Å². The van der Waals surface area contributed by atoms with Gasteiger partial charge >= 0.3 is 12.4 Å². The van der Waals surface area contributed by atoms with Crippen molar-refractivity contribution in [1.82, 2.24) is 56.0 Å². The molecule has 98 heavy (non-hydrogen) atoms. The Labute approximate surface area is 578 Å². The predicted octanol–water partition coefficient (Wildman–Crippen LogP) is 7.13. The van der Waals surface area contributed by atoms with Crippen LogP contribution in [-0.2, 0) is 52.7 Å². The summed E-state index contributed by atoms with van der Waals surface area (Å²) in [6.45, 7) is 11.9. The summed E-state index contributed by atoms with van der Waals surface area (Å²) in [5.41, 5.74) is -1.51. The molecule has 0 aromatic heterocycles. The third-order valence-corrected chi connectivity index (χ3v) is 23.4. The van der Waals surface area contributed by atoms with Gasteiger partial charge in [0.1, 0.15) is 59.9 Å². The Kier molecular flexibility index (Phi) is 27.3. The molecule has 554 valence electrons. The van der Waals surface area contributed by atoms with Crippen molar-refractivity contribution in [3.8, 4) is 0 Å². The van der Waals surface area contributed by atoms with Crippen molar-refractivity contribution in [1.29, 1.82) is 0 Å². The number of hydrogen-bond acceptors (Lipinski definition) is 11. The molecular formula is C69H108ClF6N11O11. The number of hydrogen-bond donors (Lipinski definition) is 5. The van der Waals surface area contributed by atoms with Gasteiger partial charge in [0.05, 0.1) is 11.8 Å². The second kappa shape index (κ2) is 33.7. The van der Waals surface area contributed by atoms with Gasteiger partial charge < -0.3 is 56.0 Å². The fourth-order valence-corrected chi connectivity index (χ4v) is 16.6. The summed E-state index contributed by atoms with van der Waals surface area (Å²) in [7, 11) is 5.67. The summed E-state index contributed by atoms with van der Waals surface area (Å²) in [6.07, 6.45) is -4.51. The molecule has 3 unspecified atom stereocenters. The van der Waals surface area contributed by atoms with Crippen molar-refractivity contribution in [3.63, 3.8) is 0 Å². The fourth-order valence-electron chi connectivity index (χ4n) is 16.1. The standard InChI is InChI=1S/C69H108ClF6N11O11/c1-12-39(4)55-65(97)83(9)42(7)62(94)87-33-29-52(87)58(90)79-50(37-44-21-25-46(26-22-44)68(71,72)73)63(95)82(8)41(6)57(89)78-49(28-24-43-23-27-47(48(70)36-43)69(74,75)76)64(96)86-32-17-20-51(86)60(92)81-67(30-15-16-31-67)66(98)85(11)56(45-18-13-14-19-45)61(93)77-40(5)35-54(88)84(10)53(34-38(2)3)59(91)80-55/h38-53,55-56H,12-37H2,1-11H3,(H,77,93)(H,78,89)(H,79,90)(H,80,91)(H,81,92)/t39-,40+,41+,42-,43?,44?,46?,47?,48?,49-,50-,51-,52-,53-,55-,56-/m0/s1. The van der Waals surface area contributed by atoms with Crippen LogP contribution in [0.15, 0.2) is 0 Å². The van der Waals surface area contributed by atoms with E-state index in [2.05, 4.69) is 26.6 Å². The number of nitrogens with zero attached hydrogens (tertiary/aromatic N) is 6. The number of rotatable bonds is 10. The molecule has 0 aromatic carbocycles. The molecule has 29 heteroatoms. The lowest BCUT2D eigenvalue weighted by atomic mass is 9.78. The molecule has 7 aliphatic rings. The second-order valence-corrected chi connectivity index (χ2v) is 30.7. The average molecular weight is 1420 g/mol. The SMILES string of the molecule is CC[C@H](C)[C@@H]1NC(=O)[C@H](CC(C)C)N(C)C(=O)C[C@@H](C)NC(=O)[C@H](C2CCCC2)N(C)C(=O)C2(CCCC2)NC(=O)[C@@H]2CCCN2C(=O)[C@H](CCC2CCC(C(F)(F)F)C(Cl)C2)NC(=O)[C@@H](C)N(C)C(=O)[C@H](CC2CCC(C(F)(F)F)CC2)NC(=O)[C@@H]2CCN2C(=O)[C@H](C)N(C)C1=O. The molecule has 11 amide bonds. The Bertz CT molecular complexity index is 2870. The number of carbonyl (C=O) groups excluding carboxylic acids is 11. The van der Waals surface area contributed by atoms with Gasteiger partial charge in [-0.25, -0.2) is 0 Å². The van der Waals surface area contributed by atoms with E-state index < -0.39 is 178 Å². The molecule has 0 aromatic rings. The second-order valence-electron chi connectivity index (χ2n) is 30.1. The van der Waals surface area contributed by atoms with E-state index >= 15 is 9.59 Å². The van der Waals surface area contributed by atoms with Gasteiger partial charge in [-0.15, -0.1) is 11.6 Å². The molecule has 3 saturated heterocycles. The number of likely N-dealkylation sites (N-methyl/N-ethyl adjacent to an activating group) is 4. The van der Waals surface area contributed by atoms with E-state index in [0.717, 1.165) is 17.7 Å². The van der Waals surface area contributed by atoms with Gasteiger partial charge in [0.2, 0.25) is 65.0 Å². The first-order valence-electron chi connectivity index (χ1n) is 35.9. The minimum Gasteiger partial charge on any atom is -0.351 e. The summed E-state index contributed by atoms with van der Waals surface area (Å²) in [5, 5.41) is 13.2. The molecule has 7 fully saturated rings. The summed E-state index contributed by atoms with van der Waals surface area (Å²) in [6, 6.07) is -12.0. The van der Waals surface area contributed by atoms with Crippen molar-refractivity contribution in [2.24, 2.45) is 41.4 Å². The third kappa shape index (κ3) is 19.0. The Balaban J connectivity index is 1.24. The van der Waals surface area contributed by atoms with Crippen LogP contribution in [0.25, 0.3) is 0 Å². The van der Waals surface area contributed by atoms with E-state index in [0.29, 0.717) is 38.5 Å². The lowest BCUT2D eigenvalue weighted by Gasteiger charge is -2.43. The average Bonchev–Trinajstić information content (AvgIpc) is 1.47. The van der Waals surface area contributed by atoms with Gasteiger partial charge in [-0.05, 0) is 166 Å². The van der Waals surface area contributed by atoms with Gasteiger partial charge in [-0.2, -0.15) is 26.3 Å². The first-order valence-corrected chi connectivity index (χ1v) is 36.3. The zero-order valence-corrected chi connectivity index (χ0v) is 59.9. The minimum absolute atomic E-state index is 0.0350. The van der Waals surface area contributed by atoms with Gasteiger partial charge in [0.25, 0.3) is 0 Å². The van der Waals surface area contributed by atoms with Crippen molar-refractivity contribution < 1.29 is 79.1 Å². The maximum Gasteiger partial charge on any atom is 0.393 e. The van der Waals surface area contributed by atoms with Crippen LogP contribution in [0.2, 0.25) is 0 Å². The summed E-state index contributed by atoms with van der Waals surface area (Å²) in [5.74, 6) is -12.5. The highest BCUT2D eigenvalue weighted by molar-refractivity contribution is 6.20. The molecule has 22 nitrogen and oxygen atoms in total. The van der Waals surface area contributed by atoms with Crippen LogP contribution < -0.4 is 26.6 Å². The topological polar surface area (TPSA) is 267 Å². The van der Waals surface area contributed by atoms with Gasteiger partial charge in [-0.3, -0.25) is 52.7 Å². The predicted molar refractivity (Wildman–Crippen MR) is 353 cm³/mol. The van der Waals surface area contributed by atoms with Crippen LogP contribution in [0.3, 0.4) is 0 Å². The van der Waals surface area contributed by atoms with E-state index in [1.165, 1.54) is 66.5 Å². The quantitative estimate of drug-likeness (QED) is 0.109. The maximum atomic E-state index is 15.3. The number of nitrogens with one attached hydrogen (secondary N) is 5. The van der Waals surface area contributed by atoms with Crippen molar-refractivity contribution in [2.75, 3.05) is 41.3 Å². The smallest absolute Gasteiger partial charge is 0.351 e. The molecular weight excluding hydrogens is 1310 g/mol. The van der Waals surface area contributed by atoms with Crippen molar-refractivity contribution in [2.45, 2.75) is 286 Å². The van der Waals surface area contributed by atoms with E-state index in [9.17, 15) is 69.5 Å². The lowest BCUT2D eigenvalue weighted by Crippen LogP contribution is -2.65. The highest BCUT2D eigenvalue weighted by Crippen LogP contribution is 2.45. The Morgan fingerprint density at radius 1 is 0.551 bits per heavy atom. The number of carbonyl (C=O) groups is 11. The first-order chi connectivity index (χ1) is 45.9. The monoisotopic (exact) mass is 1420 g/mol. The molecule has 0 bridgehead atoms. The van der Waals surface area contributed by atoms with Crippen LogP contribution in [0.1, 0.15) is 203 Å². The molecule has 3 heterocycles. The largest absolute Gasteiger partial charge is 0.393 e. The van der Waals surface area contributed by atoms with Crippen LogP contribution in [0.4, 0.5) is 26.3 Å². The molecule has 7 rings (SSSR count). The van der Waals surface area contributed by atoms with Crippen LogP contribution in [-0.4, -0.2) is 219 Å². The highest BCUT2D eigenvalue weighted by Gasteiger charge is 2.52. The first kappa shape index (κ1) is 79.4. The number of halogens is 7. The fraction of sp³-hybridized carbons (Fsp3) is 0.841. The Hall–Kier alpha value is -5.96. The lowest BCUT2D eigenvalue weighted by molar-refractivity contribution is -0.184. The molecule has 0 radical (unpaired) electrons. The van der Waals surface area contributed by atoms with Crippen LogP contribution >= 0.6 is 11.6 Å². The van der Waals surface area contributed by atoms with Gasteiger partial charge in [-0.1, -0.05) is 59.8 Å². The van der Waals surface area contributed by atoms with E-state index in [-0.39, 0.29) is 128 Å². The molecule has 1 spiro atoms. The minimum atomic E-state index is -4.54. The molecule has 4 saturated carbocycles. The van der Waals surface area contributed by atoms with Crippen molar-refractivity contribution in [3.05, 3.63) is 0 Å². The summed E-state index contributed by atoms with van der Waals surface area (Å²) < 4.78 is 83.8. The summed E-state index contributed by atoms with van der Waals surface area (Å²) >= 11 is 6.38. The zero-order valence-electron chi connectivity index (χ0n) is 59.1. The van der Waals surface area contributed by atoms with Gasteiger partial charge in [0, 0.05) is 59.1 Å². The Morgan fingerprint density at radius 2 is 1.14 bits per heavy atom. The normalized spacial score (nSPS) is 33.5. The van der Waals surface area contributed by atoms with Gasteiger partial charge in [0.15, 0.2) is 0 Å². The summed E-state index contributed by atoms with van der Waals surface area (Å²) in [4.78, 5) is 170. The molecule has 14 atom stereocenters. The van der Waals surface area contributed by atoms with Crippen molar-refractivity contribution >= 4 is 76.6 Å². The highest BCUT2D eigenvalue weighted by atomic mass is 35.5. The van der Waals surface area contributed by atoms with Crippen LogP contribution in [0.5, 0.6) is 0 Å².